The molecule has 0 radical (unpaired) electrons. The van der Waals surface area contributed by atoms with Crippen LogP contribution in [0.1, 0.15) is 20.3 Å². The number of rotatable bonds is 5. The summed E-state index contributed by atoms with van der Waals surface area (Å²) in [5.74, 6) is -0.404. The van der Waals surface area contributed by atoms with Crippen molar-refractivity contribution in [3.63, 3.8) is 0 Å². The summed E-state index contributed by atoms with van der Waals surface area (Å²) in [5.41, 5.74) is 1.24. The van der Waals surface area contributed by atoms with Gasteiger partial charge in [0.2, 0.25) is 11.8 Å². The highest BCUT2D eigenvalue weighted by Gasteiger charge is 2.31. The number of hydrogen-bond acceptors (Lipinski definition) is 4. The summed E-state index contributed by atoms with van der Waals surface area (Å²) in [6.07, 6.45) is -0.271. The number of carbonyl (C=O) groups is 3. The zero-order valence-corrected chi connectivity index (χ0v) is 19.9. The molecule has 0 bridgehead atoms. The zero-order chi connectivity index (χ0) is 25.3. The number of nitrogens with zero attached hydrogens (tertiary/aromatic N) is 1. The van der Waals surface area contributed by atoms with Gasteiger partial charge in [0.25, 0.3) is 5.91 Å². The predicted octanol–water partition coefficient (Wildman–Crippen LogP) is 5.64. The van der Waals surface area contributed by atoms with Crippen molar-refractivity contribution >= 4 is 51.2 Å². The Morgan fingerprint density at radius 3 is 2.33 bits per heavy atom. The molecule has 0 saturated carbocycles. The number of nitrogens with one attached hydrogen (secondary N) is 2. The summed E-state index contributed by atoms with van der Waals surface area (Å²) < 4.78 is 5.86. The number of anilines is 4. The van der Waals surface area contributed by atoms with Crippen LogP contribution in [-0.2, 0) is 14.4 Å². The minimum absolute atomic E-state index is 0.271. The van der Waals surface area contributed by atoms with Crippen LogP contribution in [0.15, 0.2) is 91.0 Å². The first kappa shape index (κ1) is 23.1. The Hall–Kier alpha value is -4.65. The molecule has 0 saturated heterocycles. The monoisotopic (exact) mass is 479 g/mol. The van der Waals surface area contributed by atoms with Gasteiger partial charge < -0.3 is 15.4 Å². The van der Waals surface area contributed by atoms with Gasteiger partial charge in [-0.25, -0.2) is 0 Å². The number of fused-ring (bicyclic) bond motifs is 3. The highest BCUT2D eigenvalue weighted by molar-refractivity contribution is 6.21. The normalized spacial score (nSPS) is 13.6. The van der Waals surface area contributed by atoms with E-state index in [0.29, 0.717) is 28.5 Å². The summed E-state index contributed by atoms with van der Waals surface area (Å²) in [7, 11) is 0. The van der Waals surface area contributed by atoms with Crippen LogP contribution < -0.4 is 20.3 Å². The molecule has 36 heavy (non-hydrogen) atoms. The molecular formula is C29H25N3O4. The lowest BCUT2D eigenvalue weighted by molar-refractivity contribution is -0.128. The molecule has 0 spiro atoms. The van der Waals surface area contributed by atoms with Crippen LogP contribution in [0.5, 0.6) is 5.75 Å². The molecule has 5 rings (SSSR count). The molecule has 4 aromatic rings. The zero-order valence-electron chi connectivity index (χ0n) is 19.9. The SMILES string of the molecule is CC(C)(Oc1ccccc1)C(=O)Nc1ccc(N2C(=O)CC(=O)Nc3c2ccc2ccccc32)cc1. The highest BCUT2D eigenvalue weighted by atomic mass is 16.5. The van der Waals surface area contributed by atoms with Crippen LogP contribution in [0.25, 0.3) is 10.8 Å². The van der Waals surface area contributed by atoms with Crippen LogP contribution in [0.2, 0.25) is 0 Å². The van der Waals surface area contributed by atoms with E-state index in [9.17, 15) is 14.4 Å². The number of amides is 3. The minimum atomic E-state index is -1.10. The molecule has 0 atom stereocenters. The smallest absolute Gasteiger partial charge is 0.267 e. The number of hydrogen-bond donors (Lipinski definition) is 2. The van der Waals surface area contributed by atoms with Crippen LogP contribution in [0, 0.1) is 0 Å². The van der Waals surface area contributed by atoms with Gasteiger partial charge in [-0.3, -0.25) is 19.3 Å². The minimum Gasteiger partial charge on any atom is -0.478 e. The summed E-state index contributed by atoms with van der Waals surface area (Å²) in [4.78, 5) is 40.0. The topological polar surface area (TPSA) is 87.7 Å². The van der Waals surface area contributed by atoms with Crippen molar-refractivity contribution in [2.45, 2.75) is 25.9 Å². The van der Waals surface area contributed by atoms with Crippen molar-refractivity contribution in [3.8, 4) is 5.75 Å². The van der Waals surface area contributed by atoms with E-state index in [4.69, 9.17) is 4.74 Å². The second kappa shape index (κ2) is 9.19. The lowest BCUT2D eigenvalue weighted by Crippen LogP contribution is -2.42. The van der Waals surface area contributed by atoms with E-state index < -0.39 is 5.60 Å². The van der Waals surface area contributed by atoms with Gasteiger partial charge in [-0.05, 0) is 61.7 Å². The molecule has 3 amide bonds. The van der Waals surface area contributed by atoms with Crippen molar-refractivity contribution in [1.82, 2.24) is 0 Å². The molecule has 2 N–H and O–H groups in total. The molecule has 0 aliphatic carbocycles. The average Bonchev–Trinajstić information content (AvgIpc) is 2.99. The second-order valence-corrected chi connectivity index (χ2v) is 9.06. The largest absolute Gasteiger partial charge is 0.478 e. The quantitative estimate of drug-likeness (QED) is 0.363. The standard InChI is InChI=1S/C29H25N3O4/c1-29(2,36-22-9-4-3-5-10-22)28(35)30-20-13-15-21(16-14-20)32-24-17-12-19-8-6-7-11-23(19)27(24)31-25(33)18-26(32)34/h3-17H,18H2,1-2H3,(H,30,35)(H,31,33). The van der Waals surface area contributed by atoms with E-state index >= 15 is 0 Å². The molecule has 0 fully saturated rings. The molecule has 7 nitrogen and oxygen atoms in total. The van der Waals surface area contributed by atoms with E-state index in [1.54, 1.807) is 50.2 Å². The molecule has 4 aromatic carbocycles. The average molecular weight is 480 g/mol. The fourth-order valence-electron chi connectivity index (χ4n) is 4.20. The lowest BCUT2D eigenvalue weighted by atomic mass is 10.1. The van der Waals surface area contributed by atoms with Gasteiger partial charge in [0.05, 0.1) is 11.4 Å². The third-order valence-electron chi connectivity index (χ3n) is 6.02. The van der Waals surface area contributed by atoms with Crippen molar-refractivity contribution in [3.05, 3.63) is 91.0 Å². The first-order valence-corrected chi connectivity index (χ1v) is 11.6. The molecule has 7 heteroatoms. The Morgan fingerprint density at radius 1 is 0.889 bits per heavy atom. The predicted molar refractivity (Wildman–Crippen MR) is 141 cm³/mol. The van der Waals surface area contributed by atoms with E-state index in [0.717, 1.165) is 10.8 Å². The molecule has 1 heterocycles. The lowest BCUT2D eigenvalue weighted by Gasteiger charge is -2.26. The first-order chi connectivity index (χ1) is 17.3. The van der Waals surface area contributed by atoms with Gasteiger partial charge in [-0.15, -0.1) is 0 Å². The molecule has 1 aliphatic heterocycles. The van der Waals surface area contributed by atoms with Crippen LogP contribution in [0.4, 0.5) is 22.7 Å². The number of carbonyl (C=O) groups excluding carboxylic acids is 3. The molecule has 180 valence electrons. The Morgan fingerprint density at radius 2 is 1.58 bits per heavy atom. The number of benzene rings is 4. The Labute approximate surface area is 208 Å². The maximum atomic E-state index is 13.1. The van der Waals surface area contributed by atoms with Crippen LogP contribution in [0.3, 0.4) is 0 Å². The highest BCUT2D eigenvalue weighted by Crippen LogP contribution is 2.40. The summed E-state index contributed by atoms with van der Waals surface area (Å²) in [6.45, 7) is 3.40. The summed E-state index contributed by atoms with van der Waals surface area (Å²) >= 11 is 0. The van der Waals surface area contributed by atoms with Gasteiger partial charge in [0.1, 0.15) is 12.2 Å². The van der Waals surface area contributed by atoms with E-state index in [1.165, 1.54) is 4.90 Å². The maximum Gasteiger partial charge on any atom is 0.267 e. The summed E-state index contributed by atoms with van der Waals surface area (Å²) in [6, 6.07) is 27.5. The van der Waals surface area contributed by atoms with Gasteiger partial charge in [0.15, 0.2) is 5.60 Å². The number of para-hydroxylation sites is 1. The Balaban J connectivity index is 1.41. The molecule has 0 aromatic heterocycles. The van der Waals surface area contributed by atoms with E-state index in [2.05, 4.69) is 10.6 Å². The van der Waals surface area contributed by atoms with E-state index in [1.807, 2.05) is 54.6 Å². The fourth-order valence-corrected chi connectivity index (χ4v) is 4.20. The number of ether oxygens (including phenoxy) is 1. The summed E-state index contributed by atoms with van der Waals surface area (Å²) in [5, 5.41) is 7.59. The fraction of sp³-hybridized carbons (Fsp3) is 0.138. The third-order valence-corrected chi connectivity index (χ3v) is 6.02. The first-order valence-electron chi connectivity index (χ1n) is 11.6. The van der Waals surface area contributed by atoms with Gasteiger partial charge in [-0.1, -0.05) is 48.5 Å². The van der Waals surface area contributed by atoms with Gasteiger partial charge in [-0.2, -0.15) is 0 Å². The van der Waals surface area contributed by atoms with Crippen LogP contribution in [-0.4, -0.2) is 23.3 Å². The van der Waals surface area contributed by atoms with Crippen molar-refractivity contribution in [2.24, 2.45) is 0 Å². The Bertz CT molecular complexity index is 1460. The van der Waals surface area contributed by atoms with Crippen molar-refractivity contribution < 1.29 is 19.1 Å². The van der Waals surface area contributed by atoms with Gasteiger partial charge in [0, 0.05) is 16.8 Å². The molecule has 1 aliphatic rings. The molecular weight excluding hydrogens is 454 g/mol. The second-order valence-electron chi connectivity index (χ2n) is 9.06. The van der Waals surface area contributed by atoms with Crippen molar-refractivity contribution in [2.75, 3.05) is 15.5 Å². The Kier molecular flexibility index (Phi) is 5.90. The van der Waals surface area contributed by atoms with Crippen molar-refractivity contribution in [1.29, 1.82) is 0 Å². The van der Waals surface area contributed by atoms with Gasteiger partial charge >= 0.3 is 0 Å². The van der Waals surface area contributed by atoms with Crippen LogP contribution >= 0.6 is 0 Å². The maximum absolute atomic E-state index is 13.1. The molecule has 0 unspecified atom stereocenters. The van der Waals surface area contributed by atoms with E-state index in [-0.39, 0.29) is 24.1 Å². The third kappa shape index (κ3) is 4.51.